The topological polar surface area (TPSA) is 93.9 Å². The fraction of sp³-hybridized carbons (Fsp3) is 0.250. The van der Waals surface area contributed by atoms with E-state index in [0.717, 1.165) is 22.4 Å². The van der Waals surface area contributed by atoms with Crippen molar-refractivity contribution < 1.29 is 9.53 Å². The third-order valence-corrected chi connectivity index (χ3v) is 6.47. The van der Waals surface area contributed by atoms with E-state index < -0.39 is 5.92 Å². The fourth-order valence-corrected chi connectivity index (χ4v) is 4.84. The zero-order chi connectivity index (χ0) is 24.0. The highest BCUT2D eigenvalue weighted by molar-refractivity contribution is 6.00. The van der Waals surface area contributed by atoms with Crippen molar-refractivity contribution in [3.8, 4) is 23.0 Å². The molecule has 0 saturated carbocycles. The predicted molar refractivity (Wildman–Crippen MR) is 129 cm³/mol. The fourth-order valence-electron chi connectivity index (χ4n) is 4.84. The van der Waals surface area contributed by atoms with Crippen molar-refractivity contribution in [1.29, 1.82) is 5.26 Å². The van der Waals surface area contributed by atoms with Crippen molar-refractivity contribution in [3.63, 3.8) is 0 Å². The Kier molecular flexibility index (Phi) is 5.13. The number of Topliss-reactive ketones (excluding diaryl/α,β-unsaturated/α-hetero) is 1. The summed E-state index contributed by atoms with van der Waals surface area (Å²) in [5.41, 5.74) is 11.2. The number of nitrogens with two attached hydrogens (primary N) is 1. The van der Waals surface area contributed by atoms with Gasteiger partial charge >= 0.3 is 0 Å². The number of hydrogen-bond donors (Lipinski definition) is 1. The van der Waals surface area contributed by atoms with Gasteiger partial charge in [-0.3, -0.25) is 4.79 Å². The van der Waals surface area contributed by atoms with Gasteiger partial charge in [0.25, 0.3) is 0 Å². The quantitative estimate of drug-likeness (QED) is 0.584. The normalized spacial score (nSPS) is 19.5. The van der Waals surface area contributed by atoms with Gasteiger partial charge in [0.05, 0.1) is 17.3 Å². The van der Waals surface area contributed by atoms with Gasteiger partial charge in [-0.1, -0.05) is 61.9 Å². The van der Waals surface area contributed by atoms with Crippen molar-refractivity contribution >= 4 is 5.78 Å². The first-order valence-corrected chi connectivity index (χ1v) is 11.3. The molecule has 2 heterocycles. The Bertz CT molecular complexity index is 1390. The van der Waals surface area contributed by atoms with Gasteiger partial charge in [-0.05, 0) is 24.5 Å². The summed E-state index contributed by atoms with van der Waals surface area (Å²) in [6.07, 6.45) is 2.87. The SMILES string of the molecule is Cc1ccc(-c2nn(-c3ccccc3)cc2[C@H]2C(C#N)=C(N)OC3=C2C(=O)CC(C)(C)C3)cc1. The summed E-state index contributed by atoms with van der Waals surface area (Å²) in [6.45, 7) is 6.11. The number of carbonyl (C=O) groups is 1. The van der Waals surface area contributed by atoms with Crippen LogP contribution in [0.2, 0.25) is 0 Å². The van der Waals surface area contributed by atoms with Crippen molar-refractivity contribution in [2.45, 2.75) is 39.5 Å². The van der Waals surface area contributed by atoms with Gasteiger partial charge in [0, 0.05) is 35.7 Å². The van der Waals surface area contributed by atoms with E-state index in [0.29, 0.717) is 29.9 Å². The third kappa shape index (κ3) is 3.69. The number of allylic oxidation sites excluding steroid dienone is 3. The Hall–Kier alpha value is -4.11. The molecule has 0 bridgehead atoms. The molecule has 170 valence electrons. The van der Waals surface area contributed by atoms with E-state index in [-0.39, 0.29) is 22.7 Å². The van der Waals surface area contributed by atoms with Crippen LogP contribution in [0.15, 0.2) is 83.6 Å². The number of benzene rings is 2. The molecule has 1 aromatic heterocycles. The van der Waals surface area contributed by atoms with E-state index in [2.05, 4.69) is 6.07 Å². The molecular formula is C28H26N4O2. The van der Waals surface area contributed by atoms with Crippen molar-refractivity contribution in [1.82, 2.24) is 9.78 Å². The first-order valence-electron chi connectivity index (χ1n) is 11.3. The summed E-state index contributed by atoms with van der Waals surface area (Å²) in [5.74, 6) is -0.0333. The first-order chi connectivity index (χ1) is 16.3. The van der Waals surface area contributed by atoms with Gasteiger partial charge in [-0.2, -0.15) is 10.4 Å². The number of aromatic nitrogens is 2. The summed E-state index contributed by atoms with van der Waals surface area (Å²) in [5, 5.41) is 15.0. The molecule has 1 atom stereocenters. The van der Waals surface area contributed by atoms with Gasteiger partial charge in [0.2, 0.25) is 5.88 Å². The summed E-state index contributed by atoms with van der Waals surface area (Å²) in [7, 11) is 0. The van der Waals surface area contributed by atoms with Gasteiger partial charge in [0.15, 0.2) is 5.78 Å². The van der Waals surface area contributed by atoms with Gasteiger partial charge in [-0.25, -0.2) is 4.68 Å². The molecule has 3 aromatic rings. The summed E-state index contributed by atoms with van der Waals surface area (Å²) in [6, 6.07) is 20.1. The molecule has 5 rings (SSSR count). The van der Waals surface area contributed by atoms with E-state index in [4.69, 9.17) is 15.6 Å². The smallest absolute Gasteiger partial charge is 0.205 e. The number of nitrogens with zero attached hydrogens (tertiary/aromatic N) is 3. The van der Waals surface area contributed by atoms with Crippen LogP contribution >= 0.6 is 0 Å². The number of carbonyl (C=O) groups excluding carboxylic acids is 1. The zero-order valence-electron chi connectivity index (χ0n) is 19.5. The lowest BCUT2D eigenvalue weighted by Crippen LogP contribution is -2.33. The molecule has 0 fully saturated rings. The van der Waals surface area contributed by atoms with Crippen LogP contribution < -0.4 is 5.73 Å². The average Bonchev–Trinajstić information content (AvgIpc) is 3.23. The third-order valence-electron chi connectivity index (χ3n) is 6.47. The van der Waals surface area contributed by atoms with E-state index >= 15 is 0 Å². The van der Waals surface area contributed by atoms with Crippen LogP contribution in [0.25, 0.3) is 16.9 Å². The number of ether oxygens (including phenoxy) is 1. The second kappa shape index (κ2) is 8.03. The first kappa shape index (κ1) is 21.7. The molecule has 0 unspecified atom stereocenters. The van der Waals surface area contributed by atoms with Crippen LogP contribution in [0.4, 0.5) is 0 Å². The van der Waals surface area contributed by atoms with E-state index in [9.17, 15) is 10.1 Å². The van der Waals surface area contributed by atoms with Crippen LogP contribution in [-0.4, -0.2) is 15.6 Å². The molecule has 6 nitrogen and oxygen atoms in total. The molecule has 2 aromatic carbocycles. The minimum Gasteiger partial charge on any atom is -0.444 e. The largest absolute Gasteiger partial charge is 0.444 e. The van der Waals surface area contributed by atoms with E-state index in [1.54, 1.807) is 4.68 Å². The molecule has 2 N–H and O–H groups in total. The second-order valence-electron chi connectivity index (χ2n) is 9.78. The van der Waals surface area contributed by atoms with Crippen molar-refractivity contribution in [2.75, 3.05) is 0 Å². The summed E-state index contributed by atoms with van der Waals surface area (Å²) >= 11 is 0. The van der Waals surface area contributed by atoms with Crippen molar-refractivity contribution in [2.24, 2.45) is 11.1 Å². The maximum Gasteiger partial charge on any atom is 0.205 e. The Morgan fingerprint density at radius 1 is 1.12 bits per heavy atom. The molecular weight excluding hydrogens is 424 g/mol. The molecule has 1 aliphatic heterocycles. The molecule has 0 amide bonds. The van der Waals surface area contributed by atoms with Crippen LogP contribution in [0.1, 0.15) is 43.7 Å². The van der Waals surface area contributed by atoms with Crippen LogP contribution in [0.3, 0.4) is 0 Å². The molecule has 34 heavy (non-hydrogen) atoms. The number of nitriles is 1. The van der Waals surface area contributed by atoms with Crippen LogP contribution in [0.5, 0.6) is 0 Å². The highest BCUT2D eigenvalue weighted by atomic mass is 16.5. The highest BCUT2D eigenvalue weighted by Crippen LogP contribution is 2.49. The number of para-hydroxylation sites is 1. The van der Waals surface area contributed by atoms with E-state index in [1.165, 1.54) is 0 Å². The average molecular weight is 451 g/mol. The highest BCUT2D eigenvalue weighted by Gasteiger charge is 2.44. The van der Waals surface area contributed by atoms with Gasteiger partial charge < -0.3 is 10.5 Å². The maximum atomic E-state index is 13.4. The molecule has 1 aliphatic carbocycles. The second-order valence-corrected chi connectivity index (χ2v) is 9.78. The minimum absolute atomic E-state index is 0.0150. The van der Waals surface area contributed by atoms with E-state index in [1.807, 2.05) is 81.6 Å². The summed E-state index contributed by atoms with van der Waals surface area (Å²) in [4.78, 5) is 13.4. The number of ketones is 1. The molecule has 6 heteroatoms. The Morgan fingerprint density at radius 2 is 1.82 bits per heavy atom. The van der Waals surface area contributed by atoms with Crippen LogP contribution in [0, 0.1) is 23.7 Å². The standard InChI is InChI=1S/C28H26N4O2/c1-17-9-11-18(12-10-17)26-21(16-32(31-26)19-7-5-4-6-8-19)24-20(15-29)27(30)34-23-14-28(2,3)13-22(33)25(23)24/h4-12,16,24H,13-14,30H2,1-3H3/t24-/m1/s1. The number of aryl methyl sites for hydroxylation is 1. The monoisotopic (exact) mass is 450 g/mol. The Balaban J connectivity index is 1.76. The van der Waals surface area contributed by atoms with Gasteiger partial charge in [-0.15, -0.1) is 0 Å². The lowest BCUT2D eigenvalue weighted by molar-refractivity contribution is -0.119. The number of hydrogen-bond acceptors (Lipinski definition) is 5. The van der Waals surface area contributed by atoms with Crippen molar-refractivity contribution in [3.05, 3.63) is 94.7 Å². The zero-order valence-corrected chi connectivity index (χ0v) is 19.5. The maximum absolute atomic E-state index is 13.4. The number of rotatable bonds is 3. The minimum atomic E-state index is -0.633. The molecule has 0 spiro atoms. The molecule has 0 radical (unpaired) electrons. The lowest BCUT2D eigenvalue weighted by Gasteiger charge is -2.37. The van der Waals surface area contributed by atoms with Crippen LogP contribution in [-0.2, 0) is 9.53 Å². The molecule has 2 aliphatic rings. The Labute approximate surface area is 199 Å². The Morgan fingerprint density at radius 3 is 2.50 bits per heavy atom. The summed E-state index contributed by atoms with van der Waals surface area (Å²) < 4.78 is 7.67. The van der Waals surface area contributed by atoms with Gasteiger partial charge in [0.1, 0.15) is 17.4 Å². The molecule has 0 saturated heterocycles. The predicted octanol–water partition coefficient (Wildman–Crippen LogP) is 5.30. The lowest BCUT2D eigenvalue weighted by atomic mass is 9.70.